The zero-order valence-corrected chi connectivity index (χ0v) is 20.1. The van der Waals surface area contributed by atoms with E-state index in [1.165, 1.54) is 29.2 Å². The summed E-state index contributed by atoms with van der Waals surface area (Å²) in [5.74, 6) is -0.902. The van der Waals surface area contributed by atoms with Crippen molar-refractivity contribution in [3.8, 4) is 11.5 Å². The Labute approximate surface area is 213 Å². The highest BCUT2D eigenvalue weighted by atomic mass is 16.6. The number of non-ortho nitro benzene ring substituents is 1. The number of aliphatic hydroxyl groups excluding tert-OH is 1. The molecule has 3 heterocycles. The second-order valence-electron chi connectivity index (χ2n) is 9.01. The van der Waals surface area contributed by atoms with Crippen LogP contribution in [0.25, 0.3) is 5.76 Å². The first-order valence-electron chi connectivity index (χ1n) is 12.2. The predicted molar refractivity (Wildman–Crippen MR) is 131 cm³/mol. The zero-order valence-electron chi connectivity index (χ0n) is 20.1. The molecular weight excluding hydrogens is 482 g/mol. The number of hydrogen-bond donors (Lipinski definition) is 1. The molecule has 2 aromatic carbocycles. The van der Waals surface area contributed by atoms with E-state index in [2.05, 4.69) is 4.90 Å². The minimum absolute atomic E-state index is 0.0677. The Balaban J connectivity index is 1.49. The molecule has 5 rings (SSSR count). The molecule has 194 valence electrons. The molecule has 3 aliphatic rings. The van der Waals surface area contributed by atoms with Gasteiger partial charge in [0.1, 0.15) is 19.0 Å². The second-order valence-corrected chi connectivity index (χ2v) is 9.01. The van der Waals surface area contributed by atoms with Crippen LogP contribution in [0.15, 0.2) is 48.0 Å². The number of ketones is 1. The minimum atomic E-state index is -0.890. The van der Waals surface area contributed by atoms with Gasteiger partial charge in [-0.25, -0.2) is 0 Å². The topological polar surface area (TPSA) is 132 Å². The number of carbonyl (C=O) groups is 2. The first-order chi connectivity index (χ1) is 17.9. The fourth-order valence-corrected chi connectivity index (χ4v) is 4.87. The van der Waals surface area contributed by atoms with Crippen LogP contribution < -0.4 is 9.47 Å². The molecule has 0 bridgehead atoms. The van der Waals surface area contributed by atoms with Gasteiger partial charge in [-0.15, -0.1) is 0 Å². The highest BCUT2D eigenvalue weighted by Crippen LogP contribution is 2.41. The number of rotatable bonds is 7. The van der Waals surface area contributed by atoms with Gasteiger partial charge in [-0.3, -0.25) is 24.6 Å². The van der Waals surface area contributed by atoms with Gasteiger partial charge in [0.25, 0.3) is 17.4 Å². The maximum atomic E-state index is 13.2. The summed E-state index contributed by atoms with van der Waals surface area (Å²) in [6.07, 6.45) is 0.612. The lowest BCUT2D eigenvalue weighted by Crippen LogP contribution is -2.38. The van der Waals surface area contributed by atoms with Gasteiger partial charge >= 0.3 is 0 Å². The number of ether oxygens (including phenoxy) is 3. The molecule has 0 aliphatic carbocycles. The van der Waals surface area contributed by atoms with E-state index in [0.29, 0.717) is 55.5 Å². The number of benzene rings is 2. The van der Waals surface area contributed by atoms with Crippen LogP contribution in [-0.2, 0) is 14.3 Å². The second kappa shape index (κ2) is 10.6. The quantitative estimate of drug-likeness (QED) is 0.197. The molecule has 0 spiro atoms. The highest BCUT2D eigenvalue weighted by Gasteiger charge is 2.46. The number of aliphatic hydroxyl groups is 1. The number of Topliss-reactive ketones (excluding diaryl/α,β-unsaturated/α-hetero) is 1. The van der Waals surface area contributed by atoms with E-state index in [4.69, 9.17) is 14.2 Å². The molecule has 3 aliphatic heterocycles. The van der Waals surface area contributed by atoms with Crippen molar-refractivity contribution in [3.05, 3.63) is 69.3 Å². The van der Waals surface area contributed by atoms with Crippen LogP contribution >= 0.6 is 0 Å². The van der Waals surface area contributed by atoms with E-state index in [0.717, 1.165) is 19.6 Å². The minimum Gasteiger partial charge on any atom is -0.507 e. The van der Waals surface area contributed by atoms with E-state index in [1.807, 2.05) is 0 Å². The fraction of sp³-hybridized carbons (Fsp3) is 0.385. The van der Waals surface area contributed by atoms with E-state index < -0.39 is 22.7 Å². The van der Waals surface area contributed by atoms with Crippen molar-refractivity contribution >= 4 is 23.1 Å². The third-order valence-corrected chi connectivity index (χ3v) is 6.75. The van der Waals surface area contributed by atoms with Crippen molar-refractivity contribution in [2.75, 3.05) is 52.6 Å². The molecule has 0 unspecified atom stereocenters. The smallest absolute Gasteiger partial charge is 0.295 e. The van der Waals surface area contributed by atoms with Gasteiger partial charge < -0.3 is 24.2 Å². The molecule has 37 heavy (non-hydrogen) atoms. The average molecular weight is 510 g/mol. The Bertz CT molecular complexity index is 1240. The van der Waals surface area contributed by atoms with Gasteiger partial charge in [-0.05, 0) is 42.3 Å². The largest absolute Gasteiger partial charge is 0.507 e. The van der Waals surface area contributed by atoms with E-state index in [-0.39, 0.29) is 23.6 Å². The van der Waals surface area contributed by atoms with Gasteiger partial charge in [0, 0.05) is 43.9 Å². The normalized spacial score (nSPS) is 21.3. The number of fused-ring (bicyclic) bond motifs is 1. The summed E-state index contributed by atoms with van der Waals surface area (Å²) in [6.45, 7) is 4.68. The standard InChI is InChI=1S/C26H27N3O8/c30-24(18-4-7-20-21(16-18)37-15-14-36-20)22-23(17-2-5-19(6-3-17)29(33)34)28(26(32)25(22)31)9-1-8-27-10-12-35-13-11-27/h2-7,16,23,30H,1,8-15H2/t23-/m0/s1. The van der Waals surface area contributed by atoms with Crippen LogP contribution in [-0.4, -0.2) is 84.1 Å². The maximum absolute atomic E-state index is 13.2. The molecule has 11 nitrogen and oxygen atoms in total. The number of hydrogen-bond acceptors (Lipinski definition) is 9. The number of likely N-dealkylation sites (tertiary alicyclic amines) is 1. The summed E-state index contributed by atoms with van der Waals surface area (Å²) in [6, 6.07) is 9.60. The first-order valence-corrected chi connectivity index (χ1v) is 12.2. The van der Waals surface area contributed by atoms with Gasteiger partial charge in [-0.1, -0.05) is 0 Å². The monoisotopic (exact) mass is 509 g/mol. The maximum Gasteiger partial charge on any atom is 0.295 e. The molecular formula is C26H27N3O8. The Kier molecular flexibility index (Phi) is 7.06. The SMILES string of the molecule is O=C1C(=O)N(CCCN2CCOCC2)[C@@H](c2ccc([N+](=O)[O-])cc2)C1=C(O)c1ccc2c(c1)OCCO2. The van der Waals surface area contributed by atoms with E-state index >= 15 is 0 Å². The third kappa shape index (κ3) is 5.00. The summed E-state index contributed by atoms with van der Waals surface area (Å²) in [7, 11) is 0. The molecule has 2 saturated heterocycles. The average Bonchev–Trinajstić information content (AvgIpc) is 3.18. The molecule has 11 heteroatoms. The number of nitro groups is 1. The van der Waals surface area contributed by atoms with Crippen molar-refractivity contribution in [3.63, 3.8) is 0 Å². The lowest BCUT2D eigenvalue weighted by atomic mass is 9.95. The number of morpholine rings is 1. The van der Waals surface area contributed by atoms with Crippen molar-refractivity contribution < 1.29 is 33.8 Å². The molecule has 2 aromatic rings. The van der Waals surface area contributed by atoms with E-state index in [9.17, 15) is 24.8 Å². The molecule has 1 atom stereocenters. The van der Waals surface area contributed by atoms with Crippen molar-refractivity contribution in [1.82, 2.24) is 9.80 Å². The zero-order chi connectivity index (χ0) is 25.9. The summed E-state index contributed by atoms with van der Waals surface area (Å²) in [5, 5.41) is 22.5. The number of nitrogens with zero attached hydrogens (tertiary/aromatic N) is 3. The van der Waals surface area contributed by atoms with Gasteiger partial charge in [0.2, 0.25) is 0 Å². The van der Waals surface area contributed by atoms with Crippen molar-refractivity contribution in [2.24, 2.45) is 0 Å². The van der Waals surface area contributed by atoms with Gasteiger partial charge in [-0.2, -0.15) is 0 Å². The Hall–Kier alpha value is -3.96. The van der Waals surface area contributed by atoms with Crippen molar-refractivity contribution in [2.45, 2.75) is 12.5 Å². The van der Waals surface area contributed by atoms with Crippen LogP contribution in [0.1, 0.15) is 23.6 Å². The summed E-state index contributed by atoms with van der Waals surface area (Å²) >= 11 is 0. The Morgan fingerprint density at radius 3 is 2.38 bits per heavy atom. The van der Waals surface area contributed by atoms with E-state index in [1.54, 1.807) is 18.2 Å². The molecule has 1 N–H and O–H groups in total. The van der Waals surface area contributed by atoms with Crippen LogP contribution in [0.4, 0.5) is 5.69 Å². The fourth-order valence-electron chi connectivity index (χ4n) is 4.87. The first kappa shape index (κ1) is 24.7. The molecule has 1 amide bonds. The Morgan fingerprint density at radius 1 is 0.973 bits per heavy atom. The summed E-state index contributed by atoms with van der Waals surface area (Å²) in [5.41, 5.74) is 0.625. The molecule has 2 fully saturated rings. The molecule has 0 saturated carbocycles. The van der Waals surface area contributed by atoms with Crippen LogP contribution in [0.5, 0.6) is 11.5 Å². The number of nitro benzene ring substituents is 1. The number of amides is 1. The van der Waals surface area contributed by atoms with Crippen LogP contribution in [0.2, 0.25) is 0 Å². The predicted octanol–water partition coefficient (Wildman–Crippen LogP) is 2.51. The summed E-state index contributed by atoms with van der Waals surface area (Å²) < 4.78 is 16.5. The van der Waals surface area contributed by atoms with Gasteiger partial charge in [0.15, 0.2) is 11.5 Å². The summed E-state index contributed by atoms with van der Waals surface area (Å²) in [4.78, 5) is 40.7. The highest BCUT2D eigenvalue weighted by molar-refractivity contribution is 6.46. The van der Waals surface area contributed by atoms with Crippen LogP contribution in [0, 0.1) is 10.1 Å². The lowest BCUT2D eigenvalue weighted by molar-refractivity contribution is -0.384. The van der Waals surface area contributed by atoms with Crippen LogP contribution in [0.3, 0.4) is 0 Å². The lowest BCUT2D eigenvalue weighted by Gasteiger charge is -2.29. The number of carbonyl (C=O) groups excluding carboxylic acids is 2. The molecule has 0 radical (unpaired) electrons. The Morgan fingerprint density at radius 2 is 1.68 bits per heavy atom. The van der Waals surface area contributed by atoms with Gasteiger partial charge in [0.05, 0.1) is 29.8 Å². The van der Waals surface area contributed by atoms with Crippen molar-refractivity contribution in [1.29, 1.82) is 0 Å². The molecule has 0 aromatic heterocycles. The third-order valence-electron chi connectivity index (χ3n) is 6.75.